The zero-order chi connectivity index (χ0) is 23.9. The number of nitrogens with zero attached hydrogens (tertiary/aromatic N) is 2. The van der Waals surface area contributed by atoms with Gasteiger partial charge >= 0.3 is 12.2 Å². The molecule has 2 amide bonds. The van der Waals surface area contributed by atoms with Gasteiger partial charge < -0.3 is 28.7 Å². The summed E-state index contributed by atoms with van der Waals surface area (Å²) in [5, 5.41) is 0. The van der Waals surface area contributed by atoms with E-state index in [1.165, 1.54) is 0 Å². The van der Waals surface area contributed by atoms with Gasteiger partial charge in [-0.15, -0.1) is 0 Å². The Morgan fingerprint density at radius 2 is 1.03 bits per heavy atom. The molecular weight excluding hydrogens is 412 g/mol. The Morgan fingerprint density at radius 3 is 1.31 bits per heavy atom. The third-order valence-electron chi connectivity index (χ3n) is 5.42. The summed E-state index contributed by atoms with van der Waals surface area (Å²) in [4.78, 5) is 27.8. The predicted molar refractivity (Wildman–Crippen MR) is 123 cm³/mol. The van der Waals surface area contributed by atoms with Gasteiger partial charge in [-0.2, -0.15) is 0 Å². The van der Waals surface area contributed by atoms with Crippen LogP contribution in [0.3, 0.4) is 0 Å². The van der Waals surface area contributed by atoms with E-state index in [1.54, 1.807) is 9.80 Å². The number of piperidine rings is 2. The molecule has 0 atom stereocenters. The first-order chi connectivity index (χ1) is 14.8. The largest absolute Gasteiger partial charge is 0.444 e. The van der Waals surface area contributed by atoms with Crippen molar-refractivity contribution in [3.8, 4) is 0 Å². The highest BCUT2D eigenvalue weighted by atomic mass is 16.6. The zero-order valence-corrected chi connectivity index (χ0v) is 21.1. The highest BCUT2D eigenvalue weighted by Gasteiger charge is 2.29. The van der Waals surface area contributed by atoms with E-state index in [-0.39, 0.29) is 24.4 Å². The third kappa shape index (κ3) is 9.94. The van der Waals surface area contributed by atoms with Gasteiger partial charge in [0.05, 0.1) is 25.4 Å². The fourth-order valence-electron chi connectivity index (χ4n) is 3.71. The van der Waals surface area contributed by atoms with Gasteiger partial charge in [0.15, 0.2) is 0 Å². The van der Waals surface area contributed by atoms with Crippen molar-refractivity contribution in [2.45, 2.75) is 97.6 Å². The van der Waals surface area contributed by atoms with Gasteiger partial charge in [0.25, 0.3) is 0 Å². The highest BCUT2D eigenvalue weighted by Crippen LogP contribution is 2.20. The smallest absolute Gasteiger partial charge is 0.410 e. The lowest BCUT2D eigenvalue weighted by Crippen LogP contribution is -2.44. The van der Waals surface area contributed by atoms with Crippen LogP contribution >= 0.6 is 0 Å². The first-order valence-electron chi connectivity index (χ1n) is 12.0. The van der Waals surface area contributed by atoms with Gasteiger partial charge in [0.1, 0.15) is 11.2 Å². The number of rotatable bonds is 6. The highest BCUT2D eigenvalue weighted by molar-refractivity contribution is 5.68. The van der Waals surface area contributed by atoms with Crippen LogP contribution in [-0.2, 0) is 18.9 Å². The van der Waals surface area contributed by atoms with E-state index in [2.05, 4.69) is 6.92 Å². The molecule has 0 aliphatic carbocycles. The molecular formula is C24H44N2O6. The molecule has 0 bridgehead atoms. The topological polar surface area (TPSA) is 77.5 Å². The van der Waals surface area contributed by atoms with Crippen molar-refractivity contribution in [1.29, 1.82) is 0 Å². The normalized spacial score (nSPS) is 19.4. The van der Waals surface area contributed by atoms with E-state index in [1.807, 2.05) is 41.5 Å². The minimum Gasteiger partial charge on any atom is -0.444 e. The molecule has 8 nitrogen and oxygen atoms in total. The van der Waals surface area contributed by atoms with Crippen LogP contribution in [0.15, 0.2) is 0 Å². The fourth-order valence-corrected chi connectivity index (χ4v) is 3.71. The number of hydrogen-bond acceptors (Lipinski definition) is 6. The third-order valence-corrected chi connectivity index (χ3v) is 5.42. The van der Waals surface area contributed by atoms with E-state index < -0.39 is 11.2 Å². The summed E-state index contributed by atoms with van der Waals surface area (Å²) in [7, 11) is 0. The average molecular weight is 457 g/mol. The number of carbonyl (C=O) groups is 2. The van der Waals surface area contributed by atoms with E-state index in [9.17, 15) is 9.59 Å². The van der Waals surface area contributed by atoms with Crippen LogP contribution < -0.4 is 0 Å². The minimum absolute atomic E-state index is 0.174. The van der Waals surface area contributed by atoms with Crippen LogP contribution in [0.25, 0.3) is 0 Å². The molecule has 2 heterocycles. The van der Waals surface area contributed by atoms with Crippen LogP contribution in [0.5, 0.6) is 0 Å². The average Bonchev–Trinajstić information content (AvgIpc) is 2.69. The molecule has 8 heteroatoms. The van der Waals surface area contributed by atoms with Crippen molar-refractivity contribution in [2.24, 2.45) is 5.92 Å². The van der Waals surface area contributed by atoms with Gasteiger partial charge in [0.2, 0.25) is 0 Å². The summed E-state index contributed by atoms with van der Waals surface area (Å²) in [6.07, 6.45) is 3.19. The van der Waals surface area contributed by atoms with E-state index >= 15 is 0 Å². The fraction of sp³-hybridized carbons (Fsp3) is 0.917. The maximum absolute atomic E-state index is 12.2. The SMILES string of the molecule is CC(COC1CCN(C(=O)OC(C)(C)C)CC1)COC1CCN(C(=O)OC(C)(C)C)CC1. The molecule has 2 aliphatic rings. The van der Waals surface area contributed by atoms with Crippen molar-refractivity contribution in [3.63, 3.8) is 0 Å². The van der Waals surface area contributed by atoms with Crippen LogP contribution in [0.1, 0.15) is 74.1 Å². The lowest BCUT2D eigenvalue weighted by molar-refractivity contribution is -0.0491. The maximum atomic E-state index is 12.2. The summed E-state index contributed by atoms with van der Waals surface area (Å²) in [6, 6.07) is 0. The van der Waals surface area contributed by atoms with Gasteiger partial charge in [-0.05, 0) is 67.2 Å². The number of carbonyl (C=O) groups excluding carboxylic acids is 2. The first-order valence-corrected chi connectivity index (χ1v) is 12.0. The molecule has 2 rings (SSSR count). The quantitative estimate of drug-likeness (QED) is 0.587. The van der Waals surface area contributed by atoms with Gasteiger partial charge in [-0.3, -0.25) is 0 Å². The van der Waals surface area contributed by atoms with E-state index in [4.69, 9.17) is 18.9 Å². The molecule has 0 saturated carbocycles. The lowest BCUT2D eigenvalue weighted by Gasteiger charge is -2.34. The molecule has 0 unspecified atom stereocenters. The molecule has 0 aromatic heterocycles. The van der Waals surface area contributed by atoms with Gasteiger partial charge in [-0.1, -0.05) is 6.92 Å². The minimum atomic E-state index is -0.466. The van der Waals surface area contributed by atoms with Crippen LogP contribution in [0.4, 0.5) is 9.59 Å². The summed E-state index contributed by atoms with van der Waals surface area (Å²) in [6.45, 7) is 17.4. The number of amides is 2. The monoisotopic (exact) mass is 456 g/mol. The summed E-state index contributed by atoms with van der Waals surface area (Å²) in [5.74, 6) is 0.294. The second kappa shape index (κ2) is 11.5. The maximum Gasteiger partial charge on any atom is 0.410 e. The van der Waals surface area contributed by atoms with Crippen molar-refractivity contribution < 1.29 is 28.5 Å². The molecule has 2 saturated heterocycles. The zero-order valence-electron chi connectivity index (χ0n) is 21.1. The number of hydrogen-bond donors (Lipinski definition) is 0. The molecule has 0 aromatic carbocycles. The van der Waals surface area contributed by atoms with Gasteiger partial charge in [0, 0.05) is 32.1 Å². The molecule has 0 radical (unpaired) electrons. The van der Waals surface area contributed by atoms with Crippen molar-refractivity contribution in [1.82, 2.24) is 9.80 Å². The Morgan fingerprint density at radius 1 is 0.719 bits per heavy atom. The van der Waals surface area contributed by atoms with Crippen LogP contribution in [0.2, 0.25) is 0 Å². The van der Waals surface area contributed by atoms with Gasteiger partial charge in [-0.25, -0.2) is 9.59 Å². The molecule has 0 aromatic rings. The first kappa shape index (κ1) is 26.7. The Kier molecular flexibility index (Phi) is 9.64. The summed E-state index contributed by atoms with van der Waals surface area (Å²) in [5.41, 5.74) is -0.932. The predicted octanol–water partition coefficient (Wildman–Crippen LogP) is 4.45. The molecule has 0 N–H and O–H groups in total. The second-order valence-corrected chi connectivity index (χ2v) is 11.1. The van der Waals surface area contributed by atoms with E-state index in [0.29, 0.717) is 45.3 Å². The van der Waals surface area contributed by atoms with Crippen LogP contribution in [-0.4, -0.2) is 84.8 Å². The Bertz CT molecular complexity index is 545. The standard InChI is InChI=1S/C24H44N2O6/c1-18(16-29-19-8-12-25(13-9-19)21(27)31-23(2,3)4)17-30-20-10-14-26(15-11-20)22(28)32-24(5,6)7/h18-20H,8-17H2,1-7H3. The Labute approximate surface area is 193 Å². The Hall–Kier alpha value is -1.54. The van der Waals surface area contributed by atoms with Crippen LogP contribution in [0, 0.1) is 5.92 Å². The Balaban J connectivity index is 1.57. The summed E-state index contributed by atoms with van der Waals surface area (Å²) < 4.78 is 23.0. The van der Waals surface area contributed by atoms with E-state index in [0.717, 1.165) is 25.7 Å². The molecule has 186 valence electrons. The van der Waals surface area contributed by atoms with Crippen molar-refractivity contribution in [3.05, 3.63) is 0 Å². The molecule has 0 spiro atoms. The molecule has 32 heavy (non-hydrogen) atoms. The molecule has 2 fully saturated rings. The van der Waals surface area contributed by atoms with Crippen molar-refractivity contribution in [2.75, 3.05) is 39.4 Å². The second-order valence-electron chi connectivity index (χ2n) is 11.1. The number of ether oxygens (including phenoxy) is 4. The molecule has 2 aliphatic heterocycles. The number of likely N-dealkylation sites (tertiary alicyclic amines) is 2. The summed E-state index contributed by atoms with van der Waals surface area (Å²) >= 11 is 0. The van der Waals surface area contributed by atoms with Crippen molar-refractivity contribution >= 4 is 12.2 Å². The lowest BCUT2D eigenvalue weighted by atomic mass is 10.1.